The highest BCUT2D eigenvalue weighted by Gasteiger charge is 2.20. The van der Waals surface area contributed by atoms with Gasteiger partial charge in [0, 0.05) is 16.6 Å². The highest BCUT2D eigenvalue weighted by Crippen LogP contribution is 2.24. The van der Waals surface area contributed by atoms with Crippen molar-refractivity contribution in [2.75, 3.05) is 10.6 Å². The molecule has 0 saturated carbocycles. The zero-order valence-electron chi connectivity index (χ0n) is 15.9. The van der Waals surface area contributed by atoms with E-state index in [1.54, 1.807) is 42.5 Å². The topological polar surface area (TPSA) is 66.5 Å². The van der Waals surface area contributed by atoms with E-state index in [-0.39, 0.29) is 18.5 Å². The van der Waals surface area contributed by atoms with Gasteiger partial charge in [-0.1, -0.05) is 43.6 Å². The predicted octanol–water partition coefficient (Wildman–Crippen LogP) is 4.08. The minimum absolute atomic E-state index is 0.0462. The molecule has 0 aromatic heterocycles. The molecule has 1 atom stereocenters. The van der Waals surface area contributed by atoms with Crippen LogP contribution >= 0.6 is 11.6 Å². The summed E-state index contributed by atoms with van der Waals surface area (Å²) in [5.74, 6) is 0.143. The van der Waals surface area contributed by atoms with Crippen molar-refractivity contribution in [2.24, 2.45) is 5.92 Å². The van der Waals surface area contributed by atoms with Crippen molar-refractivity contribution < 1.29 is 13.2 Å². The summed E-state index contributed by atoms with van der Waals surface area (Å²) in [4.78, 5) is 12.3. The van der Waals surface area contributed by atoms with Crippen molar-refractivity contribution in [3.05, 3.63) is 64.7 Å². The summed E-state index contributed by atoms with van der Waals surface area (Å²) in [6, 6.07) is 13.7. The average Bonchev–Trinajstić information content (AvgIpc) is 2.60. The standard InChI is InChI=1S/C20H25ClN2O3S/c1-14(2)15(3)22-20(24)16-9-11-18(12-10-16)23(27(4,25)26)13-17-7-5-6-8-19(17)21/h5-12,14-15H,13H2,1-4H3,(H,22,24)/t15-/m1/s1. The van der Waals surface area contributed by atoms with Gasteiger partial charge in [0.1, 0.15) is 0 Å². The van der Waals surface area contributed by atoms with Crippen LogP contribution in [0.15, 0.2) is 48.5 Å². The number of benzene rings is 2. The Hall–Kier alpha value is -2.05. The molecule has 0 saturated heterocycles. The molecule has 1 amide bonds. The molecule has 0 unspecified atom stereocenters. The number of nitrogens with one attached hydrogen (secondary N) is 1. The largest absolute Gasteiger partial charge is 0.349 e. The van der Waals surface area contributed by atoms with Crippen LogP contribution in [-0.4, -0.2) is 26.6 Å². The Bertz CT molecular complexity index is 896. The molecule has 0 aliphatic rings. The monoisotopic (exact) mass is 408 g/mol. The normalized spacial score (nSPS) is 12.7. The minimum atomic E-state index is -3.52. The van der Waals surface area contributed by atoms with E-state index in [4.69, 9.17) is 11.6 Å². The maximum absolute atomic E-state index is 12.3. The van der Waals surface area contributed by atoms with Crippen LogP contribution < -0.4 is 9.62 Å². The minimum Gasteiger partial charge on any atom is -0.349 e. The third-order valence-electron chi connectivity index (χ3n) is 4.45. The number of nitrogens with zero attached hydrogens (tertiary/aromatic N) is 1. The fourth-order valence-electron chi connectivity index (χ4n) is 2.42. The summed E-state index contributed by atoms with van der Waals surface area (Å²) in [5, 5.41) is 3.44. The summed E-state index contributed by atoms with van der Waals surface area (Å²) in [5.41, 5.74) is 1.67. The maximum atomic E-state index is 12.3. The fraction of sp³-hybridized carbons (Fsp3) is 0.350. The van der Waals surface area contributed by atoms with Gasteiger partial charge in [-0.3, -0.25) is 9.10 Å². The van der Waals surface area contributed by atoms with Gasteiger partial charge in [0.15, 0.2) is 0 Å². The molecule has 0 fully saturated rings. The van der Waals surface area contributed by atoms with E-state index in [2.05, 4.69) is 5.32 Å². The van der Waals surface area contributed by atoms with E-state index in [1.807, 2.05) is 26.8 Å². The van der Waals surface area contributed by atoms with Crippen molar-refractivity contribution in [3.8, 4) is 0 Å². The highest BCUT2D eigenvalue weighted by molar-refractivity contribution is 7.92. The number of rotatable bonds is 7. The zero-order chi connectivity index (χ0) is 20.2. The van der Waals surface area contributed by atoms with Crippen molar-refractivity contribution >= 4 is 33.2 Å². The van der Waals surface area contributed by atoms with Crippen LogP contribution in [0.3, 0.4) is 0 Å². The van der Waals surface area contributed by atoms with Gasteiger partial charge in [0.25, 0.3) is 5.91 Å². The van der Waals surface area contributed by atoms with Gasteiger partial charge in [-0.2, -0.15) is 0 Å². The number of halogens is 1. The lowest BCUT2D eigenvalue weighted by Crippen LogP contribution is -2.36. The van der Waals surface area contributed by atoms with Crippen LogP contribution in [0.1, 0.15) is 36.7 Å². The summed E-state index contributed by atoms with van der Waals surface area (Å²) in [6.07, 6.45) is 1.15. The SMILES string of the molecule is CC(C)[C@@H](C)NC(=O)c1ccc(N(Cc2ccccc2Cl)S(C)(=O)=O)cc1. The van der Waals surface area contributed by atoms with Crippen LogP contribution in [0.5, 0.6) is 0 Å². The Balaban J connectivity index is 2.25. The van der Waals surface area contributed by atoms with Crippen LogP contribution in [0, 0.1) is 5.92 Å². The third kappa shape index (κ3) is 5.71. The molecule has 5 nitrogen and oxygen atoms in total. The average molecular weight is 409 g/mol. The number of hydrogen-bond acceptors (Lipinski definition) is 3. The van der Waals surface area contributed by atoms with Gasteiger partial charge in [0.2, 0.25) is 10.0 Å². The molecule has 0 radical (unpaired) electrons. The molecule has 0 heterocycles. The number of anilines is 1. The van der Waals surface area contributed by atoms with Crippen LogP contribution in [0.2, 0.25) is 5.02 Å². The smallest absolute Gasteiger partial charge is 0.251 e. The summed E-state index contributed by atoms with van der Waals surface area (Å²) < 4.78 is 25.9. The molecule has 1 N–H and O–H groups in total. The molecule has 27 heavy (non-hydrogen) atoms. The van der Waals surface area contributed by atoms with Crippen LogP contribution in [0.25, 0.3) is 0 Å². The number of amides is 1. The molecular weight excluding hydrogens is 384 g/mol. The molecule has 0 spiro atoms. The number of carbonyl (C=O) groups excluding carboxylic acids is 1. The Morgan fingerprint density at radius 1 is 1.07 bits per heavy atom. The fourth-order valence-corrected chi connectivity index (χ4v) is 3.49. The van der Waals surface area contributed by atoms with E-state index < -0.39 is 10.0 Å². The second kappa shape index (κ2) is 8.76. The maximum Gasteiger partial charge on any atom is 0.251 e. The van der Waals surface area contributed by atoms with Crippen LogP contribution in [-0.2, 0) is 16.6 Å². The number of sulfonamides is 1. The number of hydrogen-bond donors (Lipinski definition) is 1. The molecule has 2 rings (SSSR count). The molecule has 0 bridgehead atoms. The highest BCUT2D eigenvalue weighted by atomic mass is 35.5. The Labute approximate surface area is 166 Å². The first-order chi connectivity index (χ1) is 12.6. The van der Waals surface area contributed by atoms with Crippen molar-refractivity contribution in [3.63, 3.8) is 0 Å². The lowest BCUT2D eigenvalue weighted by Gasteiger charge is -2.23. The summed E-state index contributed by atoms with van der Waals surface area (Å²) >= 11 is 6.17. The summed E-state index contributed by atoms with van der Waals surface area (Å²) in [6.45, 7) is 6.14. The third-order valence-corrected chi connectivity index (χ3v) is 5.96. The van der Waals surface area contributed by atoms with Crippen molar-refractivity contribution in [1.82, 2.24) is 5.32 Å². The van der Waals surface area contributed by atoms with Gasteiger partial charge in [-0.05, 0) is 48.7 Å². The van der Waals surface area contributed by atoms with Gasteiger partial charge in [-0.25, -0.2) is 8.42 Å². The second-order valence-corrected chi connectivity index (χ2v) is 9.23. The zero-order valence-corrected chi connectivity index (χ0v) is 17.5. The first-order valence-electron chi connectivity index (χ1n) is 8.71. The van der Waals surface area contributed by atoms with E-state index in [1.165, 1.54) is 4.31 Å². The van der Waals surface area contributed by atoms with Crippen molar-refractivity contribution in [1.29, 1.82) is 0 Å². The Kier molecular flexibility index (Phi) is 6.89. The lowest BCUT2D eigenvalue weighted by atomic mass is 10.1. The van der Waals surface area contributed by atoms with E-state index in [0.717, 1.165) is 6.26 Å². The van der Waals surface area contributed by atoms with Crippen molar-refractivity contribution in [2.45, 2.75) is 33.4 Å². The molecule has 146 valence electrons. The predicted molar refractivity (Wildman–Crippen MR) is 111 cm³/mol. The van der Waals surface area contributed by atoms with Gasteiger partial charge >= 0.3 is 0 Å². The molecule has 7 heteroatoms. The first kappa shape index (κ1) is 21.3. The molecule has 2 aromatic rings. The van der Waals surface area contributed by atoms with Gasteiger partial charge in [0.05, 0.1) is 18.5 Å². The van der Waals surface area contributed by atoms with E-state index in [9.17, 15) is 13.2 Å². The van der Waals surface area contributed by atoms with E-state index in [0.29, 0.717) is 27.8 Å². The lowest BCUT2D eigenvalue weighted by molar-refractivity contribution is 0.0930. The van der Waals surface area contributed by atoms with Gasteiger partial charge in [-0.15, -0.1) is 0 Å². The second-order valence-electron chi connectivity index (χ2n) is 6.91. The number of carbonyl (C=O) groups is 1. The molecular formula is C20H25ClN2O3S. The first-order valence-corrected chi connectivity index (χ1v) is 10.9. The molecule has 2 aromatic carbocycles. The van der Waals surface area contributed by atoms with Crippen LogP contribution in [0.4, 0.5) is 5.69 Å². The molecule has 0 aliphatic heterocycles. The van der Waals surface area contributed by atoms with E-state index >= 15 is 0 Å². The molecule has 0 aliphatic carbocycles. The Morgan fingerprint density at radius 3 is 2.19 bits per heavy atom. The Morgan fingerprint density at radius 2 is 1.67 bits per heavy atom. The summed E-state index contributed by atoms with van der Waals surface area (Å²) in [7, 11) is -3.52. The quantitative estimate of drug-likeness (QED) is 0.750. The van der Waals surface area contributed by atoms with Gasteiger partial charge < -0.3 is 5.32 Å².